The number of rotatable bonds is 4. The van der Waals surface area contributed by atoms with Crippen LogP contribution in [-0.4, -0.2) is 17.9 Å². The standard InChI is InChI=1S/C22H26N2O2S/c25-20(15-9-3-1-4-10-15)24-22-19(17-13-7-8-14-18(17)27-22)21(26)23-16-11-5-2-6-12-16/h1,3-4,9-10,16H,2,5-8,11-14H2,(H,23,26)(H,24,25). The number of hydrogen-bond acceptors (Lipinski definition) is 3. The van der Waals surface area contributed by atoms with Gasteiger partial charge in [0.15, 0.2) is 0 Å². The van der Waals surface area contributed by atoms with Crippen LogP contribution in [0.15, 0.2) is 30.3 Å². The molecule has 4 rings (SSSR count). The van der Waals surface area contributed by atoms with Crippen molar-refractivity contribution in [1.82, 2.24) is 5.32 Å². The van der Waals surface area contributed by atoms with E-state index >= 15 is 0 Å². The molecule has 5 heteroatoms. The first-order chi connectivity index (χ1) is 13.2. The fourth-order valence-electron chi connectivity index (χ4n) is 4.16. The molecule has 1 fully saturated rings. The Kier molecular flexibility index (Phi) is 5.58. The van der Waals surface area contributed by atoms with Gasteiger partial charge in [-0.2, -0.15) is 0 Å². The minimum Gasteiger partial charge on any atom is -0.349 e. The topological polar surface area (TPSA) is 58.2 Å². The Morgan fingerprint density at radius 3 is 2.41 bits per heavy atom. The number of benzene rings is 1. The number of thiophene rings is 1. The van der Waals surface area contributed by atoms with E-state index in [0.29, 0.717) is 16.1 Å². The van der Waals surface area contributed by atoms with E-state index in [0.717, 1.165) is 44.1 Å². The minimum atomic E-state index is -0.152. The highest BCUT2D eigenvalue weighted by molar-refractivity contribution is 7.17. The Bertz CT molecular complexity index is 822. The summed E-state index contributed by atoms with van der Waals surface area (Å²) in [6, 6.07) is 9.46. The van der Waals surface area contributed by atoms with E-state index in [1.807, 2.05) is 18.2 Å². The highest BCUT2D eigenvalue weighted by Gasteiger charge is 2.28. The van der Waals surface area contributed by atoms with Gasteiger partial charge in [-0.05, 0) is 56.2 Å². The van der Waals surface area contributed by atoms with Crippen LogP contribution < -0.4 is 10.6 Å². The summed E-state index contributed by atoms with van der Waals surface area (Å²) in [5.41, 5.74) is 2.48. The molecule has 1 heterocycles. The molecule has 1 saturated carbocycles. The molecule has 1 aromatic heterocycles. The zero-order valence-electron chi connectivity index (χ0n) is 15.6. The molecule has 2 N–H and O–H groups in total. The van der Waals surface area contributed by atoms with Crippen LogP contribution in [0.3, 0.4) is 0 Å². The average molecular weight is 383 g/mol. The van der Waals surface area contributed by atoms with Crippen LogP contribution in [0.5, 0.6) is 0 Å². The fourth-order valence-corrected chi connectivity index (χ4v) is 5.45. The maximum absolute atomic E-state index is 13.1. The molecule has 0 unspecified atom stereocenters. The maximum atomic E-state index is 13.1. The average Bonchev–Trinajstić information content (AvgIpc) is 3.07. The van der Waals surface area contributed by atoms with Gasteiger partial charge >= 0.3 is 0 Å². The lowest BCUT2D eigenvalue weighted by Crippen LogP contribution is -2.37. The van der Waals surface area contributed by atoms with Crippen molar-refractivity contribution in [1.29, 1.82) is 0 Å². The van der Waals surface area contributed by atoms with Crippen molar-refractivity contribution in [3.05, 3.63) is 51.9 Å². The molecule has 27 heavy (non-hydrogen) atoms. The van der Waals surface area contributed by atoms with E-state index in [1.54, 1.807) is 23.5 Å². The Labute approximate surface area is 164 Å². The van der Waals surface area contributed by atoms with E-state index in [2.05, 4.69) is 10.6 Å². The summed E-state index contributed by atoms with van der Waals surface area (Å²) < 4.78 is 0. The van der Waals surface area contributed by atoms with Crippen molar-refractivity contribution in [2.24, 2.45) is 0 Å². The van der Waals surface area contributed by atoms with E-state index in [9.17, 15) is 9.59 Å². The van der Waals surface area contributed by atoms with Gasteiger partial charge < -0.3 is 10.6 Å². The number of nitrogens with one attached hydrogen (secondary N) is 2. The molecule has 2 amide bonds. The van der Waals surface area contributed by atoms with Crippen molar-refractivity contribution in [3.63, 3.8) is 0 Å². The largest absolute Gasteiger partial charge is 0.349 e. The highest BCUT2D eigenvalue weighted by Crippen LogP contribution is 2.38. The predicted molar refractivity (Wildman–Crippen MR) is 110 cm³/mol. The van der Waals surface area contributed by atoms with Crippen molar-refractivity contribution < 1.29 is 9.59 Å². The number of anilines is 1. The Hall–Kier alpha value is -2.14. The predicted octanol–water partition coefficient (Wildman–Crippen LogP) is 4.94. The van der Waals surface area contributed by atoms with Crippen LogP contribution in [0.2, 0.25) is 0 Å². The molecule has 0 aliphatic heterocycles. The van der Waals surface area contributed by atoms with Gasteiger partial charge in [0.1, 0.15) is 5.00 Å². The van der Waals surface area contributed by atoms with Crippen molar-refractivity contribution >= 4 is 28.2 Å². The van der Waals surface area contributed by atoms with Crippen LogP contribution in [0, 0.1) is 0 Å². The molecule has 0 spiro atoms. The zero-order chi connectivity index (χ0) is 18.6. The normalized spacial score (nSPS) is 17.2. The molecule has 0 atom stereocenters. The molecule has 1 aromatic carbocycles. The van der Waals surface area contributed by atoms with Gasteiger partial charge in [0, 0.05) is 16.5 Å². The number of carbonyl (C=O) groups excluding carboxylic acids is 2. The van der Waals surface area contributed by atoms with Crippen LogP contribution >= 0.6 is 11.3 Å². The summed E-state index contributed by atoms with van der Waals surface area (Å²) in [4.78, 5) is 27.0. The number of aryl methyl sites for hydroxylation is 1. The third-order valence-corrected chi connectivity index (χ3v) is 6.81. The maximum Gasteiger partial charge on any atom is 0.256 e. The second-order valence-corrected chi connectivity index (χ2v) is 8.65. The minimum absolute atomic E-state index is 0.00957. The Morgan fingerprint density at radius 2 is 1.63 bits per heavy atom. The first-order valence-electron chi connectivity index (χ1n) is 10.0. The van der Waals surface area contributed by atoms with Gasteiger partial charge in [-0.25, -0.2) is 0 Å². The van der Waals surface area contributed by atoms with E-state index in [4.69, 9.17) is 0 Å². The van der Waals surface area contributed by atoms with Gasteiger partial charge in [-0.3, -0.25) is 9.59 Å². The second kappa shape index (κ2) is 8.26. The Morgan fingerprint density at radius 1 is 0.889 bits per heavy atom. The molecule has 142 valence electrons. The summed E-state index contributed by atoms with van der Waals surface area (Å²) in [5.74, 6) is -0.162. The zero-order valence-corrected chi connectivity index (χ0v) is 16.4. The molecule has 2 aromatic rings. The van der Waals surface area contributed by atoms with Gasteiger partial charge in [0.2, 0.25) is 0 Å². The monoisotopic (exact) mass is 382 g/mol. The van der Waals surface area contributed by atoms with Crippen molar-refractivity contribution in [2.75, 3.05) is 5.32 Å². The van der Waals surface area contributed by atoms with Crippen LogP contribution in [0.4, 0.5) is 5.00 Å². The fraction of sp³-hybridized carbons (Fsp3) is 0.455. The molecule has 0 saturated heterocycles. The number of carbonyl (C=O) groups is 2. The summed E-state index contributed by atoms with van der Waals surface area (Å²) in [6.07, 6.45) is 9.95. The summed E-state index contributed by atoms with van der Waals surface area (Å²) in [7, 11) is 0. The lowest BCUT2D eigenvalue weighted by atomic mass is 9.93. The van der Waals surface area contributed by atoms with Crippen molar-refractivity contribution in [3.8, 4) is 0 Å². The molecular formula is C22H26N2O2S. The van der Waals surface area contributed by atoms with Gasteiger partial charge in [-0.15, -0.1) is 11.3 Å². The smallest absolute Gasteiger partial charge is 0.256 e. The number of hydrogen-bond donors (Lipinski definition) is 2. The lowest BCUT2D eigenvalue weighted by Gasteiger charge is -2.23. The Balaban J connectivity index is 1.59. The third kappa shape index (κ3) is 4.08. The van der Waals surface area contributed by atoms with Crippen LogP contribution in [0.25, 0.3) is 0 Å². The van der Waals surface area contributed by atoms with Gasteiger partial charge in [-0.1, -0.05) is 37.5 Å². The van der Waals surface area contributed by atoms with Gasteiger partial charge in [0.25, 0.3) is 11.8 Å². The van der Waals surface area contributed by atoms with Gasteiger partial charge in [0.05, 0.1) is 5.56 Å². The molecule has 2 aliphatic carbocycles. The molecule has 4 nitrogen and oxygen atoms in total. The third-order valence-electron chi connectivity index (χ3n) is 5.60. The summed E-state index contributed by atoms with van der Waals surface area (Å²) in [6.45, 7) is 0. The summed E-state index contributed by atoms with van der Waals surface area (Å²) >= 11 is 1.58. The van der Waals surface area contributed by atoms with E-state index in [-0.39, 0.29) is 17.9 Å². The first-order valence-corrected chi connectivity index (χ1v) is 10.9. The highest BCUT2D eigenvalue weighted by atomic mass is 32.1. The second-order valence-electron chi connectivity index (χ2n) is 7.54. The molecule has 0 bridgehead atoms. The van der Waals surface area contributed by atoms with E-state index < -0.39 is 0 Å². The molecule has 0 radical (unpaired) electrons. The van der Waals surface area contributed by atoms with E-state index in [1.165, 1.54) is 24.1 Å². The number of fused-ring (bicyclic) bond motifs is 1. The quantitative estimate of drug-likeness (QED) is 0.787. The first kappa shape index (κ1) is 18.2. The molecule has 2 aliphatic rings. The van der Waals surface area contributed by atoms with Crippen LogP contribution in [0.1, 0.15) is 76.1 Å². The van der Waals surface area contributed by atoms with Crippen LogP contribution in [-0.2, 0) is 12.8 Å². The van der Waals surface area contributed by atoms with Crippen molar-refractivity contribution in [2.45, 2.75) is 63.8 Å². The molecular weight excluding hydrogens is 356 g/mol. The number of amides is 2. The summed E-state index contributed by atoms with van der Waals surface area (Å²) in [5, 5.41) is 6.97. The SMILES string of the molecule is O=C(Nc1sc2c(c1C(=O)NC1CCCCC1)CCCC2)c1ccccc1. The lowest BCUT2D eigenvalue weighted by molar-refractivity contribution is 0.0928.